The number of alkyl halides is 3. The predicted molar refractivity (Wildman–Crippen MR) is 110 cm³/mol. The number of carbonyl (C=O) groups is 1. The first-order valence-electron chi connectivity index (χ1n) is 8.75. The van der Waals surface area contributed by atoms with Crippen molar-refractivity contribution in [3.63, 3.8) is 0 Å². The van der Waals surface area contributed by atoms with Crippen LogP contribution in [-0.4, -0.2) is 26.2 Å². The molecule has 8 heteroatoms. The minimum atomic E-state index is -4.40. The van der Waals surface area contributed by atoms with E-state index in [-0.39, 0.29) is 5.91 Å². The first-order valence-corrected chi connectivity index (χ1v) is 9.98. The van der Waals surface area contributed by atoms with Crippen molar-refractivity contribution >= 4 is 40.3 Å². The zero-order valence-electron chi connectivity index (χ0n) is 15.6. The summed E-state index contributed by atoms with van der Waals surface area (Å²) in [5.74, 6) is -0.124. The summed E-state index contributed by atoms with van der Waals surface area (Å²) in [6.45, 7) is 6.20. The maximum absolute atomic E-state index is 13.1. The molecule has 0 unspecified atom stereocenters. The molecule has 148 valence electrons. The minimum Gasteiger partial charge on any atom is -0.318 e. The second kappa shape index (κ2) is 7.75. The van der Waals surface area contributed by atoms with E-state index in [1.165, 1.54) is 17.8 Å². The number of hydrogen-bond acceptors (Lipinski definition) is 3. The normalized spacial score (nSPS) is 16.5. The van der Waals surface area contributed by atoms with Crippen molar-refractivity contribution in [2.45, 2.75) is 33.4 Å². The van der Waals surface area contributed by atoms with Gasteiger partial charge >= 0.3 is 6.18 Å². The third-order valence-corrected chi connectivity index (χ3v) is 5.89. The van der Waals surface area contributed by atoms with Crippen LogP contribution in [0.3, 0.4) is 0 Å². The highest BCUT2D eigenvalue weighted by Crippen LogP contribution is 2.35. The number of halogens is 3. The van der Waals surface area contributed by atoms with E-state index in [0.717, 1.165) is 35.5 Å². The van der Waals surface area contributed by atoms with E-state index in [4.69, 9.17) is 12.2 Å². The number of aromatic nitrogens is 1. The van der Waals surface area contributed by atoms with Crippen LogP contribution in [0.25, 0.3) is 11.8 Å². The molecule has 0 spiro atoms. The summed E-state index contributed by atoms with van der Waals surface area (Å²) in [4.78, 5) is 14.7. The molecular weight excluding hydrogens is 405 g/mol. The number of hydrogen-bond donors (Lipinski definition) is 0. The lowest BCUT2D eigenvalue weighted by molar-refractivity contribution is -0.137. The van der Waals surface area contributed by atoms with Crippen LogP contribution in [0.15, 0.2) is 35.2 Å². The van der Waals surface area contributed by atoms with Gasteiger partial charge in [-0.1, -0.05) is 37.0 Å². The van der Waals surface area contributed by atoms with Gasteiger partial charge in [0.2, 0.25) is 0 Å². The van der Waals surface area contributed by atoms with Gasteiger partial charge in [0.1, 0.15) is 4.32 Å². The van der Waals surface area contributed by atoms with Gasteiger partial charge in [-0.2, -0.15) is 13.2 Å². The highest BCUT2D eigenvalue weighted by molar-refractivity contribution is 8.26. The van der Waals surface area contributed by atoms with Crippen LogP contribution >= 0.6 is 24.0 Å². The van der Waals surface area contributed by atoms with E-state index in [0.29, 0.717) is 21.5 Å². The van der Waals surface area contributed by atoms with Crippen molar-refractivity contribution in [1.82, 2.24) is 9.47 Å². The number of carbonyl (C=O) groups excluding carboxylic acids is 1. The Morgan fingerprint density at radius 1 is 1.21 bits per heavy atom. The number of benzene rings is 1. The van der Waals surface area contributed by atoms with Gasteiger partial charge in [-0.15, -0.1) is 0 Å². The van der Waals surface area contributed by atoms with Crippen molar-refractivity contribution in [2.24, 2.45) is 0 Å². The maximum Gasteiger partial charge on any atom is 0.416 e. The van der Waals surface area contributed by atoms with E-state index in [9.17, 15) is 18.0 Å². The summed E-state index contributed by atoms with van der Waals surface area (Å²) in [6, 6.07) is 7.08. The molecule has 1 aliphatic heterocycles. The fraction of sp³-hybridized carbons (Fsp3) is 0.300. The second-order valence-corrected chi connectivity index (χ2v) is 8.22. The summed E-state index contributed by atoms with van der Waals surface area (Å²) in [6.07, 6.45) is -1.83. The first kappa shape index (κ1) is 20.7. The summed E-state index contributed by atoms with van der Waals surface area (Å²) >= 11 is 6.53. The average Bonchev–Trinajstić information content (AvgIpc) is 3.05. The summed E-state index contributed by atoms with van der Waals surface area (Å²) in [5, 5.41) is 0. The number of thiocarbonyl (C=S) groups is 1. The molecule has 2 heterocycles. The molecule has 0 bridgehead atoms. The van der Waals surface area contributed by atoms with Crippen molar-refractivity contribution in [3.8, 4) is 5.69 Å². The number of nitrogens with zero attached hydrogens (tertiary/aromatic N) is 2. The zero-order valence-corrected chi connectivity index (χ0v) is 17.3. The van der Waals surface area contributed by atoms with Gasteiger partial charge in [-0.3, -0.25) is 9.69 Å². The third-order valence-electron chi connectivity index (χ3n) is 4.51. The van der Waals surface area contributed by atoms with Gasteiger partial charge in [0.15, 0.2) is 0 Å². The van der Waals surface area contributed by atoms with Crippen LogP contribution < -0.4 is 0 Å². The van der Waals surface area contributed by atoms with Crippen LogP contribution in [0.4, 0.5) is 13.2 Å². The molecule has 0 atom stereocenters. The lowest BCUT2D eigenvalue weighted by atomic mass is 10.2. The van der Waals surface area contributed by atoms with E-state index >= 15 is 0 Å². The molecule has 0 aliphatic carbocycles. The van der Waals surface area contributed by atoms with E-state index in [2.05, 4.69) is 0 Å². The highest BCUT2D eigenvalue weighted by atomic mass is 32.2. The monoisotopic (exact) mass is 424 g/mol. The average molecular weight is 425 g/mol. The number of thioether (sulfide) groups is 1. The van der Waals surface area contributed by atoms with Gasteiger partial charge in [0.05, 0.1) is 10.5 Å². The summed E-state index contributed by atoms with van der Waals surface area (Å²) in [5.41, 5.74) is 2.07. The SMILES string of the molecule is CCCN1C(=O)/C(=C\c2cc(C)n(-c3cccc(C(F)(F)F)c3)c2C)SC1=S. The van der Waals surface area contributed by atoms with Crippen molar-refractivity contribution in [3.05, 3.63) is 57.8 Å². The largest absolute Gasteiger partial charge is 0.416 e. The summed E-state index contributed by atoms with van der Waals surface area (Å²) < 4.78 is 41.5. The van der Waals surface area contributed by atoms with Gasteiger partial charge in [-0.25, -0.2) is 0 Å². The van der Waals surface area contributed by atoms with E-state index in [1.54, 1.807) is 21.6 Å². The Bertz CT molecular complexity index is 976. The molecule has 28 heavy (non-hydrogen) atoms. The van der Waals surface area contributed by atoms with E-state index < -0.39 is 11.7 Å². The Morgan fingerprint density at radius 2 is 1.93 bits per heavy atom. The molecule has 1 fully saturated rings. The molecule has 0 saturated carbocycles. The van der Waals surface area contributed by atoms with Crippen LogP contribution in [0.5, 0.6) is 0 Å². The molecule has 0 radical (unpaired) electrons. The predicted octanol–water partition coefficient (Wildman–Crippen LogP) is 5.72. The minimum absolute atomic E-state index is 0.124. The fourth-order valence-electron chi connectivity index (χ4n) is 3.21. The van der Waals surface area contributed by atoms with E-state index in [1.807, 2.05) is 26.8 Å². The smallest absolute Gasteiger partial charge is 0.318 e. The highest BCUT2D eigenvalue weighted by Gasteiger charge is 2.32. The zero-order chi connectivity index (χ0) is 20.6. The molecule has 1 saturated heterocycles. The number of rotatable bonds is 4. The van der Waals surface area contributed by atoms with Crippen molar-refractivity contribution in [1.29, 1.82) is 0 Å². The maximum atomic E-state index is 13.1. The van der Waals surface area contributed by atoms with Gasteiger partial charge < -0.3 is 4.57 Å². The molecule has 1 amide bonds. The van der Waals surface area contributed by atoms with Gasteiger partial charge in [-0.05, 0) is 56.2 Å². The molecular formula is C20H19F3N2OS2. The molecule has 1 aromatic carbocycles. The first-order chi connectivity index (χ1) is 13.1. The van der Waals surface area contributed by atoms with Crippen LogP contribution in [0.2, 0.25) is 0 Å². The molecule has 0 N–H and O–H groups in total. The molecule has 2 aromatic rings. The number of amides is 1. The number of aryl methyl sites for hydroxylation is 1. The molecule has 1 aromatic heterocycles. The van der Waals surface area contributed by atoms with Crippen molar-refractivity contribution < 1.29 is 18.0 Å². The Hall–Kier alpha value is -2.06. The third kappa shape index (κ3) is 3.89. The Labute approximate surface area is 171 Å². The Kier molecular flexibility index (Phi) is 5.72. The Morgan fingerprint density at radius 3 is 2.57 bits per heavy atom. The van der Waals surface area contributed by atoms with Crippen LogP contribution in [0.1, 0.15) is 35.9 Å². The second-order valence-electron chi connectivity index (χ2n) is 6.54. The van der Waals surface area contributed by atoms with Crippen LogP contribution in [-0.2, 0) is 11.0 Å². The molecule has 1 aliphatic rings. The quantitative estimate of drug-likeness (QED) is 0.463. The lowest BCUT2D eigenvalue weighted by Crippen LogP contribution is -2.28. The van der Waals surface area contributed by atoms with Crippen molar-refractivity contribution in [2.75, 3.05) is 6.54 Å². The topological polar surface area (TPSA) is 25.2 Å². The molecule has 3 rings (SSSR count). The standard InChI is InChI=1S/C20H19F3N2OS2/c1-4-8-24-18(26)17(28-19(24)27)10-14-9-12(2)25(13(14)3)16-7-5-6-15(11-16)20(21,22)23/h5-7,9-11H,4,8H2,1-3H3/b17-10+. The lowest BCUT2D eigenvalue weighted by Gasteiger charge is -2.13. The Balaban J connectivity index is 2.00. The van der Waals surface area contributed by atoms with Gasteiger partial charge in [0.25, 0.3) is 5.91 Å². The van der Waals surface area contributed by atoms with Gasteiger partial charge in [0, 0.05) is 23.6 Å². The van der Waals surface area contributed by atoms with Crippen LogP contribution in [0, 0.1) is 13.8 Å². The summed E-state index contributed by atoms with van der Waals surface area (Å²) in [7, 11) is 0. The molecule has 3 nitrogen and oxygen atoms in total. The fourth-order valence-corrected chi connectivity index (χ4v) is 4.51.